The van der Waals surface area contributed by atoms with Gasteiger partial charge in [0.1, 0.15) is 4.90 Å². The lowest BCUT2D eigenvalue weighted by Gasteiger charge is -2.22. The van der Waals surface area contributed by atoms with E-state index < -0.39 is 10.0 Å². The summed E-state index contributed by atoms with van der Waals surface area (Å²) >= 11 is 1.98. The highest BCUT2D eigenvalue weighted by Crippen LogP contribution is 2.26. The van der Waals surface area contributed by atoms with E-state index in [2.05, 4.69) is 5.32 Å². The molecule has 1 saturated heterocycles. The van der Waals surface area contributed by atoms with Crippen LogP contribution in [0.25, 0.3) is 0 Å². The Labute approximate surface area is 118 Å². The van der Waals surface area contributed by atoms with E-state index in [4.69, 9.17) is 10.9 Å². The fraction of sp³-hybridized carbons (Fsp3) is 0.500. The molecule has 5 N–H and O–H groups in total. The molecule has 0 radical (unpaired) electrons. The van der Waals surface area contributed by atoms with Crippen LogP contribution in [0.2, 0.25) is 0 Å². The second kappa shape index (κ2) is 6.02. The Morgan fingerprint density at radius 2 is 2.16 bits per heavy atom. The molecule has 0 spiro atoms. The molecule has 2 rings (SSSR count). The lowest BCUT2D eigenvalue weighted by atomic mass is 10.2. The SMILES string of the molecule is Nc1cc(NCC2CCCCS2)ccc1S(N)(=O)=O. The van der Waals surface area contributed by atoms with E-state index in [-0.39, 0.29) is 10.6 Å². The molecule has 106 valence electrons. The van der Waals surface area contributed by atoms with Gasteiger partial charge >= 0.3 is 0 Å². The minimum absolute atomic E-state index is 0.0231. The Bertz CT molecular complexity index is 540. The predicted octanol–water partition coefficient (Wildman–Crippen LogP) is 1.61. The van der Waals surface area contributed by atoms with Crippen LogP contribution >= 0.6 is 11.8 Å². The number of hydrogen-bond donors (Lipinski definition) is 3. The van der Waals surface area contributed by atoms with E-state index in [0.29, 0.717) is 5.25 Å². The largest absolute Gasteiger partial charge is 0.398 e. The number of nitrogens with two attached hydrogens (primary N) is 2. The number of rotatable bonds is 4. The molecule has 19 heavy (non-hydrogen) atoms. The van der Waals surface area contributed by atoms with Crippen LogP contribution < -0.4 is 16.2 Å². The van der Waals surface area contributed by atoms with E-state index in [1.807, 2.05) is 11.8 Å². The van der Waals surface area contributed by atoms with E-state index in [0.717, 1.165) is 12.2 Å². The van der Waals surface area contributed by atoms with Gasteiger partial charge in [-0.25, -0.2) is 13.6 Å². The van der Waals surface area contributed by atoms with Gasteiger partial charge in [0.2, 0.25) is 10.0 Å². The van der Waals surface area contributed by atoms with Crippen molar-refractivity contribution in [1.82, 2.24) is 0 Å². The number of anilines is 2. The summed E-state index contributed by atoms with van der Waals surface area (Å²) < 4.78 is 22.5. The number of nitrogen functional groups attached to an aromatic ring is 1. The third kappa shape index (κ3) is 4.02. The van der Waals surface area contributed by atoms with Crippen LogP contribution in [0, 0.1) is 0 Å². The maximum Gasteiger partial charge on any atom is 0.240 e. The van der Waals surface area contributed by atoms with E-state index in [1.165, 1.54) is 31.1 Å². The number of nitrogens with one attached hydrogen (secondary N) is 1. The molecule has 0 aromatic heterocycles. The average Bonchev–Trinajstić information content (AvgIpc) is 2.36. The quantitative estimate of drug-likeness (QED) is 0.734. The molecule has 0 saturated carbocycles. The van der Waals surface area contributed by atoms with Gasteiger partial charge < -0.3 is 11.1 Å². The van der Waals surface area contributed by atoms with E-state index >= 15 is 0 Å². The van der Waals surface area contributed by atoms with Crippen molar-refractivity contribution in [2.45, 2.75) is 29.4 Å². The summed E-state index contributed by atoms with van der Waals surface area (Å²) in [7, 11) is -3.74. The molecular weight excluding hydrogens is 282 g/mol. The monoisotopic (exact) mass is 301 g/mol. The molecule has 1 atom stereocenters. The van der Waals surface area contributed by atoms with Gasteiger partial charge in [-0.2, -0.15) is 11.8 Å². The smallest absolute Gasteiger partial charge is 0.240 e. The highest BCUT2D eigenvalue weighted by atomic mass is 32.2. The minimum Gasteiger partial charge on any atom is -0.398 e. The Balaban J connectivity index is 2.00. The van der Waals surface area contributed by atoms with Crippen LogP contribution in [-0.4, -0.2) is 26.0 Å². The number of benzene rings is 1. The van der Waals surface area contributed by atoms with Crippen molar-refractivity contribution in [3.63, 3.8) is 0 Å². The van der Waals surface area contributed by atoms with Crippen LogP contribution in [0.5, 0.6) is 0 Å². The van der Waals surface area contributed by atoms with Gasteiger partial charge in [-0.1, -0.05) is 6.42 Å². The molecule has 1 fully saturated rings. The zero-order valence-electron chi connectivity index (χ0n) is 10.6. The summed E-state index contributed by atoms with van der Waals surface area (Å²) in [6, 6.07) is 4.76. The van der Waals surface area contributed by atoms with Gasteiger partial charge in [0.05, 0.1) is 5.69 Å². The highest BCUT2D eigenvalue weighted by Gasteiger charge is 2.15. The number of primary sulfonamides is 1. The summed E-state index contributed by atoms with van der Waals surface area (Å²) in [5.74, 6) is 1.22. The first-order valence-corrected chi connectivity index (χ1v) is 8.84. The standard InChI is InChI=1S/C12H19N3O2S2/c13-11-7-9(4-5-12(11)19(14,16)17)15-8-10-3-1-2-6-18-10/h4-5,7,10,15H,1-3,6,8,13H2,(H2,14,16,17). The van der Waals surface area contributed by atoms with E-state index in [1.54, 1.807) is 12.1 Å². The van der Waals surface area contributed by atoms with Gasteiger partial charge in [0, 0.05) is 17.5 Å². The van der Waals surface area contributed by atoms with Gasteiger partial charge in [-0.05, 0) is 36.8 Å². The third-order valence-corrected chi connectivity index (χ3v) is 5.51. The van der Waals surface area contributed by atoms with Crippen LogP contribution in [0.3, 0.4) is 0 Å². The molecule has 1 aliphatic heterocycles. The van der Waals surface area contributed by atoms with E-state index in [9.17, 15) is 8.42 Å². The molecule has 1 aromatic carbocycles. The van der Waals surface area contributed by atoms with Gasteiger partial charge in [0.15, 0.2) is 0 Å². The summed E-state index contributed by atoms with van der Waals surface area (Å²) in [5, 5.41) is 8.98. The first kappa shape index (κ1) is 14.5. The fourth-order valence-electron chi connectivity index (χ4n) is 2.12. The Hall–Kier alpha value is -0.920. The molecule has 7 heteroatoms. The highest BCUT2D eigenvalue weighted by molar-refractivity contribution is 7.99. The van der Waals surface area contributed by atoms with Crippen LogP contribution in [0.1, 0.15) is 19.3 Å². The van der Waals surface area contributed by atoms with Crippen LogP contribution in [0.4, 0.5) is 11.4 Å². The van der Waals surface area contributed by atoms with Crippen molar-refractivity contribution in [3.8, 4) is 0 Å². The third-order valence-electron chi connectivity index (χ3n) is 3.12. The second-order valence-electron chi connectivity index (χ2n) is 4.67. The van der Waals surface area contributed by atoms with Gasteiger partial charge in [0.25, 0.3) is 0 Å². The van der Waals surface area contributed by atoms with Crippen molar-refractivity contribution in [2.24, 2.45) is 5.14 Å². The average molecular weight is 301 g/mol. The minimum atomic E-state index is -3.74. The summed E-state index contributed by atoms with van der Waals surface area (Å²) in [4.78, 5) is -0.0231. The first-order valence-electron chi connectivity index (χ1n) is 6.24. The topological polar surface area (TPSA) is 98.2 Å². The molecular formula is C12H19N3O2S2. The Morgan fingerprint density at radius 3 is 2.74 bits per heavy atom. The molecule has 0 amide bonds. The number of hydrogen-bond acceptors (Lipinski definition) is 5. The lowest BCUT2D eigenvalue weighted by Crippen LogP contribution is -2.20. The summed E-state index contributed by atoms with van der Waals surface area (Å²) in [6.07, 6.45) is 3.81. The molecule has 1 aliphatic rings. The van der Waals surface area contributed by atoms with Crippen LogP contribution in [-0.2, 0) is 10.0 Å². The normalized spacial score (nSPS) is 20.2. The predicted molar refractivity (Wildman–Crippen MR) is 80.8 cm³/mol. The van der Waals surface area contributed by atoms with Crippen molar-refractivity contribution in [2.75, 3.05) is 23.3 Å². The molecule has 1 aromatic rings. The lowest BCUT2D eigenvalue weighted by molar-refractivity contribution is 0.598. The summed E-state index contributed by atoms with van der Waals surface area (Å²) in [6.45, 7) is 0.874. The van der Waals surface area contributed by atoms with Crippen molar-refractivity contribution < 1.29 is 8.42 Å². The van der Waals surface area contributed by atoms with Crippen LogP contribution in [0.15, 0.2) is 23.1 Å². The molecule has 0 aliphatic carbocycles. The van der Waals surface area contributed by atoms with Crippen molar-refractivity contribution >= 4 is 33.2 Å². The Morgan fingerprint density at radius 1 is 1.37 bits per heavy atom. The maximum absolute atomic E-state index is 11.2. The van der Waals surface area contributed by atoms with Crippen molar-refractivity contribution in [1.29, 1.82) is 0 Å². The molecule has 5 nitrogen and oxygen atoms in total. The zero-order chi connectivity index (χ0) is 13.9. The summed E-state index contributed by atoms with van der Waals surface area (Å²) in [5.41, 5.74) is 6.73. The molecule has 0 bridgehead atoms. The van der Waals surface area contributed by atoms with Gasteiger partial charge in [-0.15, -0.1) is 0 Å². The fourth-order valence-corrected chi connectivity index (χ4v) is 4.00. The number of thioether (sulfide) groups is 1. The zero-order valence-corrected chi connectivity index (χ0v) is 12.3. The molecule has 1 unspecified atom stereocenters. The second-order valence-corrected chi connectivity index (χ2v) is 7.61. The maximum atomic E-state index is 11.2. The molecule has 1 heterocycles. The number of sulfonamides is 1. The Kier molecular flexibility index (Phi) is 4.59. The van der Waals surface area contributed by atoms with Crippen molar-refractivity contribution in [3.05, 3.63) is 18.2 Å². The first-order chi connectivity index (χ1) is 8.97. The van der Waals surface area contributed by atoms with Gasteiger partial charge in [-0.3, -0.25) is 0 Å².